The van der Waals surface area contributed by atoms with Crippen LogP contribution in [0, 0.1) is 0 Å². The van der Waals surface area contributed by atoms with Gasteiger partial charge in [-0.25, -0.2) is 8.42 Å². The second kappa shape index (κ2) is 10.9. The van der Waals surface area contributed by atoms with Gasteiger partial charge in [0.25, 0.3) is 15.9 Å². The maximum atomic E-state index is 12.9. The second-order valence-corrected chi connectivity index (χ2v) is 9.30. The van der Waals surface area contributed by atoms with Crippen LogP contribution in [-0.4, -0.2) is 56.8 Å². The fourth-order valence-electron chi connectivity index (χ4n) is 2.68. The van der Waals surface area contributed by atoms with Gasteiger partial charge in [-0.05, 0) is 48.9 Å². The molecule has 0 aromatic heterocycles. The monoisotopic (exact) mass is 487 g/mol. The highest BCUT2D eigenvalue weighted by atomic mass is 35.5. The highest BCUT2D eigenvalue weighted by Crippen LogP contribution is 2.25. The van der Waals surface area contributed by atoms with Crippen LogP contribution in [0.3, 0.4) is 0 Å². The standard InChI is InChI=1S/C20H23Cl2N3O5S/c1-4-11-25(13-19(26)23-18-12-15(21)7-10-17(18)22)20(27)14-5-8-16(9-6-14)31(28,29)24(2)30-3/h5-10,12H,4,11,13H2,1-3H3,(H,23,26). The Morgan fingerprint density at radius 1 is 1.10 bits per heavy atom. The van der Waals surface area contributed by atoms with E-state index in [2.05, 4.69) is 5.32 Å². The third-order valence-corrected chi connectivity index (χ3v) is 6.57. The van der Waals surface area contributed by atoms with Gasteiger partial charge in [0.15, 0.2) is 0 Å². The minimum Gasteiger partial charge on any atom is -0.329 e. The van der Waals surface area contributed by atoms with Crippen LogP contribution in [-0.2, 0) is 19.7 Å². The Balaban J connectivity index is 2.16. The Morgan fingerprint density at radius 3 is 2.32 bits per heavy atom. The summed E-state index contributed by atoms with van der Waals surface area (Å²) in [5.74, 6) is -0.842. The molecule has 0 saturated carbocycles. The average molecular weight is 488 g/mol. The Bertz CT molecular complexity index is 1050. The van der Waals surface area contributed by atoms with Crippen LogP contribution in [0.15, 0.2) is 47.4 Å². The second-order valence-electron chi connectivity index (χ2n) is 6.52. The summed E-state index contributed by atoms with van der Waals surface area (Å²) < 4.78 is 25.3. The highest BCUT2D eigenvalue weighted by molar-refractivity contribution is 7.89. The van der Waals surface area contributed by atoms with Gasteiger partial charge < -0.3 is 10.2 Å². The van der Waals surface area contributed by atoms with Gasteiger partial charge in [-0.2, -0.15) is 0 Å². The molecule has 0 radical (unpaired) electrons. The Morgan fingerprint density at radius 2 is 1.74 bits per heavy atom. The van der Waals surface area contributed by atoms with Gasteiger partial charge in [0, 0.05) is 24.2 Å². The van der Waals surface area contributed by atoms with Crippen LogP contribution >= 0.6 is 23.2 Å². The van der Waals surface area contributed by atoms with Gasteiger partial charge in [0.2, 0.25) is 5.91 Å². The first-order chi connectivity index (χ1) is 14.6. The normalized spacial score (nSPS) is 11.4. The quantitative estimate of drug-likeness (QED) is 0.544. The van der Waals surface area contributed by atoms with E-state index in [0.29, 0.717) is 28.7 Å². The molecule has 0 atom stereocenters. The predicted octanol–water partition coefficient (Wildman–Crippen LogP) is 3.67. The van der Waals surface area contributed by atoms with E-state index in [4.69, 9.17) is 28.0 Å². The van der Waals surface area contributed by atoms with Crippen molar-refractivity contribution in [2.45, 2.75) is 18.2 Å². The number of halogens is 2. The first kappa shape index (κ1) is 25.1. The van der Waals surface area contributed by atoms with Gasteiger partial charge in [-0.3, -0.25) is 14.4 Å². The molecule has 2 rings (SSSR count). The zero-order chi connectivity index (χ0) is 23.2. The number of nitrogens with one attached hydrogen (secondary N) is 1. The van der Waals surface area contributed by atoms with Crippen LogP contribution in [0.1, 0.15) is 23.7 Å². The molecule has 0 unspecified atom stereocenters. The Hall–Kier alpha value is -2.17. The van der Waals surface area contributed by atoms with E-state index >= 15 is 0 Å². The number of anilines is 1. The molecule has 0 heterocycles. The van der Waals surface area contributed by atoms with Crippen molar-refractivity contribution < 1.29 is 22.8 Å². The van der Waals surface area contributed by atoms with E-state index in [0.717, 1.165) is 4.47 Å². The summed E-state index contributed by atoms with van der Waals surface area (Å²) in [5, 5.41) is 3.38. The van der Waals surface area contributed by atoms with Gasteiger partial charge in [0.05, 0.1) is 22.7 Å². The third-order valence-electron chi connectivity index (χ3n) is 4.31. The molecule has 0 bridgehead atoms. The summed E-state index contributed by atoms with van der Waals surface area (Å²) in [4.78, 5) is 31.5. The fraction of sp³-hybridized carbons (Fsp3) is 0.300. The molecule has 0 saturated heterocycles. The summed E-state index contributed by atoms with van der Waals surface area (Å²) in [5.41, 5.74) is 0.598. The number of hydrogen-bond donors (Lipinski definition) is 1. The van der Waals surface area contributed by atoms with Crippen molar-refractivity contribution in [2.75, 3.05) is 32.6 Å². The minimum absolute atomic E-state index is 0.0243. The fourth-order valence-corrected chi connectivity index (χ4v) is 3.99. The van der Waals surface area contributed by atoms with Crippen molar-refractivity contribution in [3.8, 4) is 0 Å². The SMILES string of the molecule is CCCN(CC(=O)Nc1cc(Cl)ccc1Cl)C(=O)c1ccc(S(=O)(=O)N(C)OC)cc1. The lowest BCUT2D eigenvalue weighted by Gasteiger charge is -2.22. The van der Waals surface area contributed by atoms with E-state index < -0.39 is 21.8 Å². The first-order valence-electron chi connectivity index (χ1n) is 9.27. The number of nitrogens with zero attached hydrogens (tertiary/aromatic N) is 2. The van der Waals surface area contributed by atoms with E-state index in [1.807, 2.05) is 6.92 Å². The van der Waals surface area contributed by atoms with Crippen LogP contribution < -0.4 is 5.32 Å². The minimum atomic E-state index is -3.82. The average Bonchev–Trinajstić information content (AvgIpc) is 2.74. The zero-order valence-electron chi connectivity index (χ0n) is 17.3. The lowest BCUT2D eigenvalue weighted by Crippen LogP contribution is -2.38. The molecule has 0 aliphatic heterocycles. The molecule has 0 fully saturated rings. The summed E-state index contributed by atoms with van der Waals surface area (Å²) in [6, 6.07) is 10.1. The summed E-state index contributed by atoms with van der Waals surface area (Å²) in [6.45, 7) is 2.01. The lowest BCUT2D eigenvalue weighted by molar-refractivity contribution is -0.116. The molecule has 168 valence electrons. The van der Waals surface area contributed by atoms with Crippen molar-refractivity contribution in [3.05, 3.63) is 58.1 Å². The molecule has 2 amide bonds. The van der Waals surface area contributed by atoms with Crippen molar-refractivity contribution in [2.24, 2.45) is 0 Å². The number of rotatable bonds is 9. The molecule has 2 aromatic carbocycles. The molecule has 11 heteroatoms. The van der Waals surface area contributed by atoms with Gasteiger partial charge >= 0.3 is 0 Å². The molecule has 0 aliphatic carbocycles. The largest absolute Gasteiger partial charge is 0.329 e. The van der Waals surface area contributed by atoms with Crippen molar-refractivity contribution >= 4 is 50.7 Å². The van der Waals surface area contributed by atoms with E-state index in [-0.39, 0.29) is 17.0 Å². The summed E-state index contributed by atoms with van der Waals surface area (Å²) >= 11 is 12.0. The van der Waals surface area contributed by atoms with E-state index in [1.54, 1.807) is 12.1 Å². The van der Waals surface area contributed by atoms with Crippen LogP contribution in [0.25, 0.3) is 0 Å². The van der Waals surface area contributed by atoms with Crippen LogP contribution in [0.2, 0.25) is 10.0 Å². The molecule has 0 aliphatic rings. The first-order valence-corrected chi connectivity index (χ1v) is 11.5. The van der Waals surface area contributed by atoms with Crippen LogP contribution in [0.4, 0.5) is 5.69 Å². The van der Waals surface area contributed by atoms with Gasteiger partial charge in [-0.1, -0.05) is 34.6 Å². The number of carbonyl (C=O) groups excluding carboxylic acids is 2. The van der Waals surface area contributed by atoms with E-state index in [9.17, 15) is 18.0 Å². The van der Waals surface area contributed by atoms with Gasteiger partial charge in [0.1, 0.15) is 6.54 Å². The number of benzene rings is 2. The van der Waals surface area contributed by atoms with Gasteiger partial charge in [-0.15, -0.1) is 0 Å². The maximum absolute atomic E-state index is 12.9. The van der Waals surface area contributed by atoms with E-state index in [1.165, 1.54) is 49.4 Å². The molecular weight excluding hydrogens is 465 g/mol. The van der Waals surface area contributed by atoms with Crippen LogP contribution in [0.5, 0.6) is 0 Å². The number of hydrogen-bond acceptors (Lipinski definition) is 5. The Labute approximate surface area is 191 Å². The summed E-state index contributed by atoms with van der Waals surface area (Å²) in [7, 11) is -1.32. The molecular formula is C20H23Cl2N3O5S. The number of sulfonamides is 1. The zero-order valence-corrected chi connectivity index (χ0v) is 19.6. The number of amides is 2. The molecule has 31 heavy (non-hydrogen) atoms. The number of carbonyl (C=O) groups is 2. The molecule has 1 N–H and O–H groups in total. The van der Waals surface area contributed by atoms with Crippen molar-refractivity contribution in [3.63, 3.8) is 0 Å². The molecule has 0 spiro atoms. The lowest BCUT2D eigenvalue weighted by atomic mass is 10.2. The van der Waals surface area contributed by atoms with Crippen molar-refractivity contribution in [1.82, 2.24) is 9.37 Å². The predicted molar refractivity (Wildman–Crippen MR) is 120 cm³/mol. The highest BCUT2D eigenvalue weighted by Gasteiger charge is 2.23. The Kier molecular flexibility index (Phi) is 8.84. The molecule has 8 nitrogen and oxygen atoms in total. The smallest absolute Gasteiger partial charge is 0.264 e. The maximum Gasteiger partial charge on any atom is 0.264 e. The number of hydroxylamine groups is 1. The van der Waals surface area contributed by atoms with Crippen molar-refractivity contribution in [1.29, 1.82) is 0 Å². The third kappa shape index (κ3) is 6.41. The topological polar surface area (TPSA) is 96.0 Å². The molecule has 2 aromatic rings. The summed E-state index contributed by atoms with van der Waals surface area (Å²) in [6.07, 6.45) is 0.627.